The Morgan fingerprint density at radius 2 is 1.63 bits per heavy atom. The van der Waals surface area contributed by atoms with Crippen LogP contribution in [0, 0.1) is 0 Å². The molecule has 2 N–H and O–H groups in total. The number of hydrogen-bond donors (Lipinski definition) is 2. The van der Waals surface area contributed by atoms with Crippen molar-refractivity contribution in [2.45, 2.75) is 32.4 Å². The van der Waals surface area contributed by atoms with Crippen LogP contribution in [-0.2, 0) is 17.9 Å². The van der Waals surface area contributed by atoms with Gasteiger partial charge in [0.25, 0.3) is 0 Å². The number of piperazine rings is 1. The van der Waals surface area contributed by atoms with E-state index in [0.717, 1.165) is 57.8 Å². The first-order chi connectivity index (χ1) is 13.2. The molecule has 0 atom stereocenters. The van der Waals surface area contributed by atoms with Crippen molar-refractivity contribution >= 4 is 17.6 Å². The maximum absolute atomic E-state index is 12.5. The summed E-state index contributed by atoms with van der Waals surface area (Å²) in [6, 6.07) is 6.05. The van der Waals surface area contributed by atoms with Crippen molar-refractivity contribution in [3.63, 3.8) is 0 Å². The van der Waals surface area contributed by atoms with Crippen LogP contribution < -0.4 is 10.6 Å². The van der Waals surface area contributed by atoms with Crippen LogP contribution in [0.4, 0.5) is 10.5 Å². The second kappa shape index (κ2) is 8.27. The van der Waals surface area contributed by atoms with Crippen LogP contribution >= 0.6 is 0 Å². The number of urea groups is 1. The molecule has 3 amide bonds. The highest BCUT2D eigenvalue weighted by Crippen LogP contribution is 2.20. The van der Waals surface area contributed by atoms with E-state index in [1.54, 1.807) is 0 Å². The van der Waals surface area contributed by atoms with Crippen molar-refractivity contribution in [2.24, 2.45) is 0 Å². The maximum Gasteiger partial charge on any atom is 0.321 e. The SMILES string of the molecule is O=C(CN1CCN(C(=O)Nc2ccc3c(c2)CNC3)CC1)N1CCCCC1. The highest BCUT2D eigenvalue weighted by atomic mass is 16.2. The van der Waals surface area contributed by atoms with E-state index in [1.807, 2.05) is 15.9 Å². The zero-order valence-corrected chi connectivity index (χ0v) is 15.9. The molecule has 3 aliphatic rings. The van der Waals surface area contributed by atoms with Gasteiger partial charge in [-0.2, -0.15) is 0 Å². The summed E-state index contributed by atoms with van der Waals surface area (Å²) in [5.74, 6) is 0.236. The van der Waals surface area contributed by atoms with E-state index in [4.69, 9.17) is 0 Å². The molecule has 146 valence electrons. The minimum absolute atomic E-state index is 0.0529. The Kier molecular flexibility index (Phi) is 5.59. The number of benzene rings is 1. The lowest BCUT2D eigenvalue weighted by Gasteiger charge is -2.36. The molecule has 1 aromatic rings. The molecule has 27 heavy (non-hydrogen) atoms. The fourth-order valence-electron chi connectivity index (χ4n) is 4.12. The first-order valence-electron chi connectivity index (χ1n) is 10.1. The normalized spacial score (nSPS) is 20.4. The number of carbonyl (C=O) groups is 2. The monoisotopic (exact) mass is 371 g/mol. The lowest BCUT2D eigenvalue weighted by Crippen LogP contribution is -2.52. The van der Waals surface area contributed by atoms with Crippen LogP contribution in [0.1, 0.15) is 30.4 Å². The Morgan fingerprint density at radius 3 is 2.41 bits per heavy atom. The number of carbonyl (C=O) groups excluding carboxylic acids is 2. The number of anilines is 1. The first kappa shape index (κ1) is 18.3. The summed E-state index contributed by atoms with van der Waals surface area (Å²) in [6.07, 6.45) is 3.48. The standard InChI is InChI=1S/C20H29N5O2/c26-19(24-6-2-1-3-7-24)15-23-8-10-25(11-9-23)20(27)22-18-5-4-16-13-21-14-17(16)12-18/h4-5,12,21H,1-3,6-11,13-15H2,(H,22,27). The molecule has 0 spiro atoms. The van der Waals surface area contributed by atoms with Gasteiger partial charge < -0.3 is 20.4 Å². The molecule has 7 nitrogen and oxygen atoms in total. The van der Waals surface area contributed by atoms with Gasteiger partial charge in [0, 0.05) is 58.0 Å². The molecular formula is C20H29N5O2. The minimum atomic E-state index is -0.0529. The molecule has 0 bridgehead atoms. The highest BCUT2D eigenvalue weighted by molar-refractivity contribution is 5.89. The fourth-order valence-corrected chi connectivity index (χ4v) is 4.12. The van der Waals surface area contributed by atoms with E-state index >= 15 is 0 Å². The van der Waals surface area contributed by atoms with Gasteiger partial charge in [0.05, 0.1) is 6.54 Å². The Morgan fingerprint density at radius 1 is 0.889 bits per heavy atom. The molecule has 7 heteroatoms. The van der Waals surface area contributed by atoms with Crippen LogP contribution in [-0.4, -0.2) is 72.5 Å². The van der Waals surface area contributed by atoms with Crippen LogP contribution in [0.25, 0.3) is 0 Å². The molecule has 0 unspecified atom stereocenters. The van der Waals surface area contributed by atoms with Gasteiger partial charge in [0.15, 0.2) is 0 Å². The van der Waals surface area contributed by atoms with E-state index in [0.29, 0.717) is 19.6 Å². The summed E-state index contributed by atoms with van der Waals surface area (Å²) in [4.78, 5) is 31.0. The average molecular weight is 371 g/mol. The number of rotatable bonds is 3. The number of nitrogens with one attached hydrogen (secondary N) is 2. The smallest absolute Gasteiger partial charge is 0.321 e. The molecule has 0 radical (unpaired) electrons. The number of amides is 3. The second-order valence-corrected chi connectivity index (χ2v) is 7.72. The summed E-state index contributed by atoms with van der Waals surface area (Å²) in [5.41, 5.74) is 3.42. The molecule has 1 aromatic carbocycles. The lowest BCUT2D eigenvalue weighted by molar-refractivity contribution is -0.133. The zero-order chi connectivity index (χ0) is 18.6. The van der Waals surface area contributed by atoms with Crippen molar-refractivity contribution < 1.29 is 9.59 Å². The van der Waals surface area contributed by atoms with Gasteiger partial charge in [0.2, 0.25) is 5.91 Å². The maximum atomic E-state index is 12.5. The third kappa shape index (κ3) is 4.42. The van der Waals surface area contributed by atoms with Crippen molar-refractivity contribution in [1.82, 2.24) is 20.0 Å². The fraction of sp³-hybridized carbons (Fsp3) is 0.600. The lowest BCUT2D eigenvalue weighted by atomic mass is 10.1. The molecule has 0 aliphatic carbocycles. The van der Waals surface area contributed by atoms with Gasteiger partial charge >= 0.3 is 6.03 Å². The van der Waals surface area contributed by atoms with E-state index < -0.39 is 0 Å². The summed E-state index contributed by atoms with van der Waals surface area (Å²) in [7, 11) is 0. The van der Waals surface area contributed by atoms with Gasteiger partial charge in [-0.05, 0) is 42.5 Å². The largest absolute Gasteiger partial charge is 0.342 e. The molecule has 4 rings (SSSR count). The van der Waals surface area contributed by atoms with Crippen molar-refractivity contribution in [3.05, 3.63) is 29.3 Å². The summed E-state index contributed by atoms with van der Waals surface area (Å²) in [5, 5.41) is 6.33. The number of likely N-dealkylation sites (tertiary alicyclic amines) is 1. The Labute approximate surface area is 160 Å². The van der Waals surface area contributed by atoms with E-state index in [-0.39, 0.29) is 11.9 Å². The van der Waals surface area contributed by atoms with Crippen LogP contribution in [0.2, 0.25) is 0 Å². The molecule has 2 fully saturated rings. The molecular weight excluding hydrogens is 342 g/mol. The third-order valence-electron chi connectivity index (χ3n) is 5.82. The molecule has 2 saturated heterocycles. The van der Waals surface area contributed by atoms with E-state index in [9.17, 15) is 9.59 Å². The van der Waals surface area contributed by atoms with Crippen molar-refractivity contribution in [2.75, 3.05) is 51.1 Å². The average Bonchev–Trinajstić information content (AvgIpc) is 3.17. The number of piperidine rings is 1. The predicted molar refractivity (Wildman–Crippen MR) is 104 cm³/mol. The Balaban J connectivity index is 1.24. The highest BCUT2D eigenvalue weighted by Gasteiger charge is 2.25. The number of fused-ring (bicyclic) bond motifs is 1. The predicted octanol–water partition coefficient (Wildman–Crippen LogP) is 1.45. The topological polar surface area (TPSA) is 67.9 Å². The van der Waals surface area contributed by atoms with E-state index in [1.165, 1.54) is 17.5 Å². The van der Waals surface area contributed by atoms with Gasteiger partial charge in [-0.25, -0.2) is 4.79 Å². The van der Waals surface area contributed by atoms with Crippen LogP contribution in [0.15, 0.2) is 18.2 Å². The van der Waals surface area contributed by atoms with Crippen molar-refractivity contribution in [1.29, 1.82) is 0 Å². The quantitative estimate of drug-likeness (QED) is 0.844. The molecule has 3 aliphatic heterocycles. The van der Waals surface area contributed by atoms with Gasteiger partial charge in [-0.3, -0.25) is 9.69 Å². The van der Waals surface area contributed by atoms with Gasteiger partial charge in [0.1, 0.15) is 0 Å². The van der Waals surface area contributed by atoms with Crippen molar-refractivity contribution in [3.8, 4) is 0 Å². The zero-order valence-electron chi connectivity index (χ0n) is 15.9. The third-order valence-corrected chi connectivity index (χ3v) is 5.82. The molecule has 0 aromatic heterocycles. The summed E-state index contributed by atoms with van der Waals surface area (Å²) < 4.78 is 0. The van der Waals surface area contributed by atoms with Crippen LogP contribution in [0.3, 0.4) is 0 Å². The number of hydrogen-bond acceptors (Lipinski definition) is 4. The molecule has 0 saturated carbocycles. The summed E-state index contributed by atoms with van der Waals surface area (Å²) in [6.45, 7) is 6.87. The number of nitrogens with zero attached hydrogens (tertiary/aromatic N) is 3. The minimum Gasteiger partial charge on any atom is -0.342 e. The van der Waals surface area contributed by atoms with Gasteiger partial charge in [-0.15, -0.1) is 0 Å². The Bertz CT molecular complexity index is 694. The first-order valence-corrected chi connectivity index (χ1v) is 10.1. The summed E-state index contributed by atoms with van der Waals surface area (Å²) >= 11 is 0. The van der Waals surface area contributed by atoms with E-state index in [2.05, 4.69) is 27.7 Å². The van der Waals surface area contributed by atoms with Gasteiger partial charge in [-0.1, -0.05) is 6.07 Å². The molecule has 3 heterocycles. The Hall–Kier alpha value is -2.12. The second-order valence-electron chi connectivity index (χ2n) is 7.72. The van der Waals surface area contributed by atoms with Crippen LogP contribution in [0.5, 0.6) is 0 Å².